The Hall–Kier alpha value is -1.15. The molecule has 1 heterocycles. The highest BCUT2D eigenvalue weighted by molar-refractivity contribution is 7.13. The lowest BCUT2D eigenvalue weighted by atomic mass is 10.1. The van der Waals surface area contributed by atoms with E-state index in [0.29, 0.717) is 5.92 Å². The van der Waals surface area contributed by atoms with Crippen LogP contribution in [0.15, 0.2) is 35.7 Å². The average Bonchev–Trinajstić information content (AvgIpc) is 2.67. The summed E-state index contributed by atoms with van der Waals surface area (Å²) >= 11 is 1.73. The summed E-state index contributed by atoms with van der Waals surface area (Å²) in [4.78, 5) is 4.64. The molecule has 0 fully saturated rings. The largest absolute Gasteiger partial charge is 0.241 e. The molecule has 0 aliphatic heterocycles. The second-order valence-electron chi connectivity index (χ2n) is 4.11. The third kappa shape index (κ3) is 2.66. The van der Waals surface area contributed by atoms with Gasteiger partial charge < -0.3 is 0 Å². The van der Waals surface area contributed by atoms with Gasteiger partial charge in [0, 0.05) is 10.9 Å². The number of benzene rings is 1. The molecule has 1 aromatic carbocycles. The molecule has 1 aromatic heterocycles. The fourth-order valence-electron chi connectivity index (χ4n) is 1.53. The predicted molar refractivity (Wildman–Crippen MR) is 66.1 cm³/mol. The molecular weight excluding hydrogens is 202 g/mol. The van der Waals surface area contributed by atoms with Crippen molar-refractivity contribution < 1.29 is 0 Å². The minimum atomic E-state index is 0.677. The average molecular weight is 217 g/mol. The van der Waals surface area contributed by atoms with Crippen LogP contribution in [0.5, 0.6) is 0 Å². The van der Waals surface area contributed by atoms with E-state index in [1.165, 1.54) is 11.3 Å². The number of rotatable bonds is 3. The van der Waals surface area contributed by atoms with Gasteiger partial charge in [-0.1, -0.05) is 44.2 Å². The Kier molecular flexibility index (Phi) is 3.17. The number of aromatic nitrogens is 1. The van der Waals surface area contributed by atoms with Crippen LogP contribution in [0.25, 0.3) is 10.6 Å². The van der Waals surface area contributed by atoms with Crippen LogP contribution in [0.4, 0.5) is 0 Å². The maximum atomic E-state index is 4.64. The van der Waals surface area contributed by atoms with Crippen LogP contribution in [0.2, 0.25) is 0 Å². The van der Waals surface area contributed by atoms with Gasteiger partial charge in [-0.25, -0.2) is 4.98 Å². The molecule has 0 spiro atoms. The van der Waals surface area contributed by atoms with Gasteiger partial charge in [-0.3, -0.25) is 0 Å². The van der Waals surface area contributed by atoms with Crippen molar-refractivity contribution >= 4 is 11.3 Å². The minimum absolute atomic E-state index is 0.677. The molecule has 78 valence electrons. The first-order valence-corrected chi connectivity index (χ1v) is 6.13. The van der Waals surface area contributed by atoms with Crippen molar-refractivity contribution in [2.45, 2.75) is 20.3 Å². The van der Waals surface area contributed by atoms with Crippen LogP contribution in [-0.4, -0.2) is 4.98 Å². The van der Waals surface area contributed by atoms with E-state index >= 15 is 0 Å². The first-order chi connectivity index (χ1) is 7.25. The third-order valence-electron chi connectivity index (χ3n) is 2.19. The summed E-state index contributed by atoms with van der Waals surface area (Å²) in [5, 5.41) is 3.30. The zero-order valence-electron chi connectivity index (χ0n) is 9.10. The van der Waals surface area contributed by atoms with Gasteiger partial charge in [-0.05, 0) is 12.3 Å². The number of hydrogen-bond donors (Lipinski definition) is 0. The van der Waals surface area contributed by atoms with Gasteiger partial charge in [0.1, 0.15) is 5.01 Å². The van der Waals surface area contributed by atoms with Crippen LogP contribution in [0.1, 0.15) is 19.5 Å². The van der Waals surface area contributed by atoms with E-state index in [4.69, 9.17) is 0 Å². The summed E-state index contributed by atoms with van der Waals surface area (Å²) in [5.74, 6) is 0.677. The van der Waals surface area contributed by atoms with Crippen LogP contribution in [0, 0.1) is 5.92 Å². The zero-order chi connectivity index (χ0) is 10.7. The van der Waals surface area contributed by atoms with Crippen LogP contribution in [-0.2, 0) is 6.42 Å². The van der Waals surface area contributed by atoms with Crippen molar-refractivity contribution in [3.05, 3.63) is 41.4 Å². The Morgan fingerprint density at radius 1 is 1.20 bits per heavy atom. The van der Waals surface area contributed by atoms with Crippen LogP contribution < -0.4 is 0 Å². The Bertz CT molecular complexity index is 417. The Morgan fingerprint density at radius 2 is 1.93 bits per heavy atom. The van der Waals surface area contributed by atoms with E-state index in [-0.39, 0.29) is 0 Å². The highest BCUT2D eigenvalue weighted by atomic mass is 32.1. The zero-order valence-corrected chi connectivity index (χ0v) is 9.92. The van der Waals surface area contributed by atoms with E-state index in [1.54, 1.807) is 11.3 Å². The molecule has 0 saturated heterocycles. The molecule has 15 heavy (non-hydrogen) atoms. The van der Waals surface area contributed by atoms with Crippen LogP contribution in [0.3, 0.4) is 0 Å². The van der Waals surface area contributed by atoms with Gasteiger partial charge in [-0.15, -0.1) is 11.3 Å². The fourth-order valence-corrected chi connectivity index (χ4v) is 2.37. The molecule has 2 heteroatoms. The summed E-state index contributed by atoms with van der Waals surface area (Å²) in [6, 6.07) is 10.4. The van der Waals surface area contributed by atoms with Crippen molar-refractivity contribution in [2.24, 2.45) is 5.92 Å². The van der Waals surface area contributed by atoms with Crippen LogP contribution >= 0.6 is 11.3 Å². The van der Waals surface area contributed by atoms with Gasteiger partial charge >= 0.3 is 0 Å². The lowest BCUT2D eigenvalue weighted by Crippen LogP contribution is -1.93. The molecule has 0 amide bonds. The number of nitrogens with zero attached hydrogens (tertiary/aromatic N) is 1. The molecule has 0 bridgehead atoms. The van der Waals surface area contributed by atoms with Gasteiger partial charge in [0.15, 0.2) is 0 Å². The van der Waals surface area contributed by atoms with Gasteiger partial charge in [0.05, 0.1) is 5.69 Å². The second-order valence-corrected chi connectivity index (χ2v) is 4.97. The van der Waals surface area contributed by atoms with Gasteiger partial charge in [0.2, 0.25) is 0 Å². The van der Waals surface area contributed by atoms with Crippen molar-refractivity contribution in [3.8, 4) is 10.6 Å². The minimum Gasteiger partial charge on any atom is -0.241 e. The van der Waals surface area contributed by atoms with E-state index in [2.05, 4.69) is 48.5 Å². The normalized spacial score (nSPS) is 10.9. The molecule has 0 unspecified atom stereocenters. The quantitative estimate of drug-likeness (QED) is 0.757. The number of thiazole rings is 1. The maximum absolute atomic E-state index is 4.64. The summed E-state index contributed by atoms with van der Waals surface area (Å²) in [5.41, 5.74) is 2.44. The molecule has 0 aliphatic rings. The van der Waals surface area contributed by atoms with E-state index in [1.807, 2.05) is 6.07 Å². The van der Waals surface area contributed by atoms with Gasteiger partial charge in [0.25, 0.3) is 0 Å². The van der Waals surface area contributed by atoms with Crippen molar-refractivity contribution in [1.29, 1.82) is 0 Å². The monoisotopic (exact) mass is 217 g/mol. The summed E-state index contributed by atoms with van der Waals surface area (Å²) in [6.07, 6.45) is 1.07. The van der Waals surface area contributed by atoms with E-state index < -0.39 is 0 Å². The lowest BCUT2D eigenvalue weighted by molar-refractivity contribution is 0.638. The Balaban J connectivity index is 2.21. The maximum Gasteiger partial charge on any atom is 0.123 e. The summed E-state index contributed by atoms with van der Waals surface area (Å²) in [6.45, 7) is 4.45. The fraction of sp³-hybridized carbons (Fsp3) is 0.308. The summed E-state index contributed by atoms with van der Waals surface area (Å²) < 4.78 is 0. The SMILES string of the molecule is CC(C)Cc1csc(-c2ccccc2)n1. The van der Waals surface area contributed by atoms with Crippen molar-refractivity contribution in [1.82, 2.24) is 4.98 Å². The molecular formula is C13H15NS. The third-order valence-corrected chi connectivity index (χ3v) is 3.13. The standard InChI is InChI=1S/C13H15NS/c1-10(2)8-12-9-15-13(14-12)11-6-4-3-5-7-11/h3-7,9-10H,8H2,1-2H3. The highest BCUT2D eigenvalue weighted by Gasteiger charge is 2.05. The second kappa shape index (κ2) is 4.58. The Labute approximate surface area is 94.8 Å². The molecule has 2 rings (SSSR count). The molecule has 0 N–H and O–H groups in total. The first-order valence-electron chi connectivity index (χ1n) is 5.25. The molecule has 1 nitrogen and oxygen atoms in total. The summed E-state index contributed by atoms with van der Waals surface area (Å²) in [7, 11) is 0. The van der Waals surface area contributed by atoms with Crippen molar-refractivity contribution in [3.63, 3.8) is 0 Å². The Morgan fingerprint density at radius 3 is 2.60 bits per heavy atom. The molecule has 0 atom stereocenters. The van der Waals surface area contributed by atoms with Crippen molar-refractivity contribution in [2.75, 3.05) is 0 Å². The highest BCUT2D eigenvalue weighted by Crippen LogP contribution is 2.24. The smallest absolute Gasteiger partial charge is 0.123 e. The van der Waals surface area contributed by atoms with E-state index in [0.717, 1.165) is 11.4 Å². The molecule has 0 saturated carbocycles. The predicted octanol–water partition coefficient (Wildman–Crippen LogP) is 4.01. The van der Waals surface area contributed by atoms with E-state index in [9.17, 15) is 0 Å². The first kappa shape index (κ1) is 10.4. The molecule has 2 aromatic rings. The number of hydrogen-bond acceptors (Lipinski definition) is 2. The topological polar surface area (TPSA) is 12.9 Å². The van der Waals surface area contributed by atoms with Gasteiger partial charge in [-0.2, -0.15) is 0 Å². The molecule has 0 radical (unpaired) electrons. The lowest BCUT2D eigenvalue weighted by Gasteiger charge is -1.99. The molecule has 0 aliphatic carbocycles.